The highest BCUT2D eigenvalue weighted by atomic mass is 19.1. The van der Waals surface area contributed by atoms with Gasteiger partial charge in [-0.2, -0.15) is 10.2 Å². The maximum Gasteiger partial charge on any atom is 0.123 e. The van der Waals surface area contributed by atoms with Crippen LogP contribution < -0.4 is 5.73 Å². The predicted octanol–water partition coefficient (Wildman–Crippen LogP) is 1.99. The molecule has 0 saturated carbocycles. The highest BCUT2D eigenvalue weighted by Crippen LogP contribution is 2.24. The van der Waals surface area contributed by atoms with Crippen LogP contribution in [0, 0.1) is 5.82 Å². The third kappa shape index (κ3) is 2.08. The number of halogens is 1. The Hall–Kier alpha value is -2.63. The Bertz CT molecular complexity index is 711. The molecule has 2 heterocycles. The van der Waals surface area contributed by atoms with E-state index in [0.29, 0.717) is 11.4 Å². The van der Waals surface area contributed by atoms with Crippen LogP contribution in [0.4, 0.5) is 10.1 Å². The predicted molar refractivity (Wildman–Crippen MR) is 70.1 cm³/mol. The summed E-state index contributed by atoms with van der Waals surface area (Å²) in [6.07, 6.45) is 5.25. The van der Waals surface area contributed by atoms with Gasteiger partial charge in [-0.3, -0.25) is 4.68 Å². The molecule has 3 rings (SSSR count). The minimum Gasteiger partial charge on any atom is -0.396 e. The maximum absolute atomic E-state index is 12.9. The van der Waals surface area contributed by atoms with Crippen LogP contribution in [0.15, 0.2) is 42.9 Å². The zero-order chi connectivity index (χ0) is 13.4. The Morgan fingerprint density at radius 1 is 1.16 bits per heavy atom. The summed E-state index contributed by atoms with van der Waals surface area (Å²) in [4.78, 5) is 0. The van der Waals surface area contributed by atoms with Crippen molar-refractivity contribution in [1.29, 1.82) is 0 Å². The lowest BCUT2D eigenvalue weighted by Crippen LogP contribution is -1.94. The van der Waals surface area contributed by atoms with E-state index < -0.39 is 0 Å². The van der Waals surface area contributed by atoms with Crippen molar-refractivity contribution < 1.29 is 4.39 Å². The van der Waals surface area contributed by atoms with Gasteiger partial charge in [0.25, 0.3) is 0 Å². The second kappa shape index (κ2) is 4.24. The number of aromatic nitrogens is 4. The summed E-state index contributed by atoms with van der Waals surface area (Å²) < 4.78 is 16.2. The maximum atomic E-state index is 12.9. The Balaban J connectivity index is 2.04. The van der Waals surface area contributed by atoms with Crippen LogP contribution >= 0.6 is 0 Å². The van der Waals surface area contributed by atoms with E-state index in [9.17, 15) is 4.39 Å². The van der Waals surface area contributed by atoms with E-state index in [4.69, 9.17) is 5.73 Å². The van der Waals surface area contributed by atoms with E-state index in [1.807, 2.05) is 13.2 Å². The highest BCUT2D eigenvalue weighted by Gasteiger charge is 2.11. The van der Waals surface area contributed by atoms with Gasteiger partial charge in [0.15, 0.2) is 0 Å². The zero-order valence-electron chi connectivity index (χ0n) is 10.3. The summed E-state index contributed by atoms with van der Waals surface area (Å²) in [5.74, 6) is -0.281. The van der Waals surface area contributed by atoms with Crippen molar-refractivity contribution in [3.63, 3.8) is 0 Å². The largest absolute Gasteiger partial charge is 0.396 e. The van der Waals surface area contributed by atoms with Crippen molar-refractivity contribution in [3.05, 3.63) is 48.7 Å². The fourth-order valence-electron chi connectivity index (χ4n) is 1.88. The molecule has 96 valence electrons. The zero-order valence-corrected chi connectivity index (χ0v) is 10.3. The molecule has 0 spiro atoms. The number of anilines is 1. The average Bonchev–Trinajstić information content (AvgIpc) is 2.96. The van der Waals surface area contributed by atoms with Crippen molar-refractivity contribution in [2.75, 3.05) is 5.73 Å². The normalized spacial score (nSPS) is 10.8. The summed E-state index contributed by atoms with van der Waals surface area (Å²) in [6.45, 7) is 0. The van der Waals surface area contributed by atoms with E-state index in [1.54, 1.807) is 33.9 Å². The first-order chi connectivity index (χ1) is 9.13. The van der Waals surface area contributed by atoms with E-state index in [2.05, 4.69) is 10.2 Å². The number of hydrogen-bond acceptors (Lipinski definition) is 3. The second-order valence-electron chi connectivity index (χ2n) is 4.26. The molecule has 0 atom stereocenters. The molecule has 2 aromatic heterocycles. The quantitative estimate of drug-likeness (QED) is 0.763. The van der Waals surface area contributed by atoms with Gasteiger partial charge in [0.1, 0.15) is 11.5 Å². The van der Waals surface area contributed by atoms with Gasteiger partial charge in [-0.25, -0.2) is 9.07 Å². The third-order valence-corrected chi connectivity index (χ3v) is 2.81. The van der Waals surface area contributed by atoms with Gasteiger partial charge in [-0.05, 0) is 24.3 Å². The fourth-order valence-corrected chi connectivity index (χ4v) is 1.88. The average molecular weight is 257 g/mol. The SMILES string of the molecule is Cn1cc(-c2nn(-c3ccc(F)cc3)cc2N)cn1. The van der Waals surface area contributed by atoms with Crippen LogP contribution in [0.1, 0.15) is 0 Å². The topological polar surface area (TPSA) is 61.7 Å². The molecule has 0 fully saturated rings. The van der Waals surface area contributed by atoms with Gasteiger partial charge in [0.05, 0.1) is 23.8 Å². The minimum absolute atomic E-state index is 0.281. The lowest BCUT2D eigenvalue weighted by atomic mass is 10.2. The monoisotopic (exact) mass is 257 g/mol. The molecule has 0 aliphatic carbocycles. The van der Waals surface area contributed by atoms with E-state index >= 15 is 0 Å². The minimum atomic E-state index is -0.281. The van der Waals surface area contributed by atoms with Crippen molar-refractivity contribution in [2.45, 2.75) is 0 Å². The summed E-state index contributed by atoms with van der Waals surface area (Å²) in [5.41, 5.74) is 8.77. The number of benzene rings is 1. The summed E-state index contributed by atoms with van der Waals surface area (Å²) >= 11 is 0. The van der Waals surface area contributed by atoms with Crippen molar-refractivity contribution in [1.82, 2.24) is 19.6 Å². The molecular weight excluding hydrogens is 245 g/mol. The van der Waals surface area contributed by atoms with Crippen LogP contribution in [0.2, 0.25) is 0 Å². The lowest BCUT2D eigenvalue weighted by Gasteiger charge is -1.99. The van der Waals surface area contributed by atoms with Crippen molar-refractivity contribution >= 4 is 5.69 Å². The van der Waals surface area contributed by atoms with Crippen molar-refractivity contribution in [3.8, 4) is 16.9 Å². The molecule has 3 aromatic rings. The molecule has 0 bridgehead atoms. The Kier molecular flexibility index (Phi) is 2.56. The van der Waals surface area contributed by atoms with E-state index in [1.165, 1.54) is 12.1 Å². The summed E-state index contributed by atoms with van der Waals surface area (Å²) in [7, 11) is 1.83. The highest BCUT2D eigenvalue weighted by molar-refractivity contribution is 5.71. The molecule has 0 aliphatic rings. The number of nitrogens with two attached hydrogens (primary N) is 1. The van der Waals surface area contributed by atoms with Gasteiger partial charge in [-0.1, -0.05) is 0 Å². The summed E-state index contributed by atoms with van der Waals surface area (Å²) in [6, 6.07) is 6.07. The standard InChI is InChI=1S/C13H12FN5/c1-18-7-9(6-16-18)13-12(15)8-19(17-13)11-4-2-10(14)3-5-11/h2-8H,15H2,1H3. The molecule has 19 heavy (non-hydrogen) atoms. The van der Waals surface area contributed by atoms with E-state index in [0.717, 1.165) is 11.3 Å². The van der Waals surface area contributed by atoms with E-state index in [-0.39, 0.29) is 5.82 Å². The molecule has 2 N–H and O–H groups in total. The van der Waals surface area contributed by atoms with Crippen LogP contribution in [0.5, 0.6) is 0 Å². The van der Waals surface area contributed by atoms with Crippen molar-refractivity contribution in [2.24, 2.45) is 7.05 Å². The Morgan fingerprint density at radius 2 is 1.89 bits per heavy atom. The second-order valence-corrected chi connectivity index (χ2v) is 4.26. The first-order valence-electron chi connectivity index (χ1n) is 5.73. The van der Waals surface area contributed by atoms with Gasteiger partial charge in [-0.15, -0.1) is 0 Å². The van der Waals surface area contributed by atoms with Gasteiger partial charge in [0.2, 0.25) is 0 Å². The van der Waals surface area contributed by atoms with Crippen LogP contribution in [0.3, 0.4) is 0 Å². The molecule has 0 amide bonds. The van der Waals surface area contributed by atoms with Crippen LogP contribution in [-0.2, 0) is 7.05 Å². The molecule has 1 aromatic carbocycles. The first kappa shape index (κ1) is 11.5. The third-order valence-electron chi connectivity index (χ3n) is 2.81. The Labute approximate surface area is 109 Å². The molecule has 6 heteroatoms. The lowest BCUT2D eigenvalue weighted by molar-refractivity contribution is 0.627. The number of rotatable bonds is 2. The number of hydrogen-bond donors (Lipinski definition) is 1. The first-order valence-corrected chi connectivity index (χ1v) is 5.73. The number of nitrogens with zero attached hydrogens (tertiary/aromatic N) is 4. The molecule has 0 unspecified atom stereocenters. The van der Waals surface area contributed by atoms with Crippen LogP contribution in [-0.4, -0.2) is 19.6 Å². The van der Waals surface area contributed by atoms with Crippen LogP contribution in [0.25, 0.3) is 16.9 Å². The Morgan fingerprint density at radius 3 is 2.53 bits per heavy atom. The molecule has 5 nitrogen and oxygen atoms in total. The summed E-state index contributed by atoms with van der Waals surface area (Å²) in [5, 5.41) is 8.50. The molecular formula is C13H12FN5. The molecule has 0 aliphatic heterocycles. The number of aryl methyl sites for hydroxylation is 1. The molecule has 0 radical (unpaired) electrons. The van der Waals surface area contributed by atoms with Gasteiger partial charge >= 0.3 is 0 Å². The van der Waals surface area contributed by atoms with Gasteiger partial charge in [0, 0.05) is 18.8 Å². The smallest absolute Gasteiger partial charge is 0.123 e. The van der Waals surface area contributed by atoms with Gasteiger partial charge < -0.3 is 5.73 Å². The number of nitrogen functional groups attached to an aromatic ring is 1. The molecule has 0 saturated heterocycles. The fraction of sp³-hybridized carbons (Fsp3) is 0.0769.